The van der Waals surface area contributed by atoms with E-state index in [2.05, 4.69) is 27.0 Å². The predicted molar refractivity (Wildman–Crippen MR) is 57.3 cm³/mol. The molecule has 0 saturated carbocycles. The largest absolute Gasteiger partial charge is 0.309 e. The first-order valence-electron chi connectivity index (χ1n) is 4.41. The molecule has 0 spiro atoms. The number of hydrogen-bond donors (Lipinski definition) is 1. The maximum atomic E-state index is 3.87. The van der Waals surface area contributed by atoms with Gasteiger partial charge < -0.3 is 5.32 Å². The molecule has 1 unspecified atom stereocenters. The molecule has 1 aromatic carbocycles. The van der Waals surface area contributed by atoms with E-state index in [0.29, 0.717) is 0 Å². The van der Waals surface area contributed by atoms with Crippen molar-refractivity contribution >= 4 is 11.5 Å². The summed E-state index contributed by atoms with van der Waals surface area (Å²) in [4.78, 5) is 1.14. The molecule has 0 aliphatic heterocycles. The molecule has 3 nitrogen and oxygen atoms in total. The van der Waals surface area contributed by atoms with Gasteiger partial charge in [0.2, 0.25) is 0 Å². The number of aromatic nitrogens is 2. The number of hydrogen-bond acceptors (Lipinski definition) is 4. The average molecular weight is 205 g/mol. The van der Waals surface area contributed by atoms with E-state index in [1.54, 1.807) is 6.20 Å². The fourth-order valence-electron chi connectivity index (χ4n) is 1.42. The van der Waals surface area contributed by atoms with E-state index < -0.39 is 0 Å². The smallest absolute Gasteiger partial charge is 0.0701 e. The first kappa shape index (κ1) is 9.30. The zero-order valence-corrected chi connectivity index (χ0v) is 8.66. The SMILES string of the molecule is CNC(c1ccccc1)c1cnns1. The van der Waals surface area contributed by atoms with Crippen LogP contribution >= 0.6 is 11.5 Å². The molecule has 1 N–H and O–H groups in total. The summed E-state index contributed by atoms with van der Waals surface area (Å²) < 4.78 is 3.87. The Balaban J connectivity index is 2.31. The molecular weight excluding hydrogens is 194 g/mol. The molecule has 0 aliphatic rings. The van der Waals surface area contributed by atoms with Gasteiger partial charge in [-0.3, -0.25) is 0 Å². The van der Waals surface area contributed by atoms with E-state index in [1.807, 2.05) is 25.2 Å². The molecule has 2 aromatic rings. The first-order valence-corrected chi connectivity index (χ1v) is 5.18. The number of nitrogens with zero attached hydrogens (tertiary/aromatic N) is 2. The summed E-state index contributed by atoms with van der Waals surface area (Å²) in [7, 11) is 1.94. The Labute approximate surface area is 87.0 Å². The van der Waals surface area contributed by atoms with Gasteiger partial charge in [0.1, 0.15) is 0 Å². The molecule has 4 heteroatoms. The Hall–Kier alpha value is -1.26. The lowest BCUT2D eigenvalue weighted by Gasteiger charge is -2.13. The summed E-state index contributed by atoms with van der Waals surface area (Å²) in [6.45, 7) is 0. The van der Waals surface area contributed by atoms with Crippen LogP contribution < -0.4 is 5.32 Å². The van der Waals surface area contributed by atoms with E-state index >= 15 is 0 Å². The number of benzene rings is 1. The molecule has 0 radical (unpaired) electrons. The molecule has 1 atom stereocenters. The van der Waals surface area contributed by atoms with Crippen LogP contribution in [0, 0.1) is 0 Å². The van der Waals surface area contributed by atoms with E-state index in [0.717, 1.165) is 4.88 Å². The summed E-state index contributed by atoms with van der Waals surface area (Å²) >= 11 is 1.43. The minimum Gasteiger partial charge on any atom is -0.309 e. The zero-order valence-electron chi connectivity index (χ0n) is 7.84. The number of rotatable bonds is 3. The van der Waals surface area contributed by atoms with E-state index in [-0.39, 0.29) is 6.04 Å². The van der Waals surface area contributed by atoms with Crippen LogP contribution in [0.4, 0.5) is 0 Å². The number of nitrogens with one attached hydrogen (secondary N) is 1. The van der Waals surface area contributed by atoms with Gasteiger partial charge in [0.05, 0.1) is 17.1 Å². The monoisotopic (exact) mass is 205 g/mol. The van der Waals surface area contributed by atoms with Crippen LogP contribution in [0.3, 0.4) is 0 Å². The summed E-state index contributed by atoms with van der Waals surface area (Å²) in [6, 6.07) is 10.5. The van der Waals surface area contributed by atoms with Crippen molar-refractivity contribution in [2.24, 2.45) is 0 Å². The minimum absolute atomic E-state index is 0.205. The highest BCUT2D eigenvalue weighted by Crippen LogP contribution is 2.22. The molecule has 0 saturated heterocycles. The fourth-order valence-corrected chi connectivity index (χ4v) is 2.06. The molecule has 0 fully saturated rings. The lowest BCUT2D eigenvalue weighted by atomic mass is 10.1. The summed E-state index contributed by atoms with van der Waals surface area (Å²) in [6.07, 6.45) is 1.80. The molecular formula is C10H11N3S. The molecule has 0 bridgehead atoms. The Bertz CT molecular complexity index is 372. The highest BCUT2D eigenvalue weighted by atomic mass is 32.1. The van der Waals surface area contributed by atoms with Crippen LogP contribution in [0.25, 0.3) is 0 Å². The summed E-state index contributed by atoms with van der Waals surface area (Å²) in [5.74, 6) is 0. The maximum Gasteiger partial charge on any atom is 0.0701 e. The van der Waals surface area contributed by atoms with Crippen LogP contribution in [-0.2, 0) is 0 Å². The van der Waals surface area contributed by atoms with Gasteiger partial charge in [0, 0.05) is 0 Å². The Kier molecular flexibility index (Phi) is 2.86. The van der Waals surface area contributed by atoms with Crippen LogP contribution in [0.1, 0.15) is 16.5 Å². The van der Waals surface area contributed by atoms with E-state index in [1.165, 1.54) is 17.1 Å². The molecule has 0 aliphatic carbocycles. The minimum atomic E-state index is 0.205. The van der Waals surface area contributed by atoms with Gasteiger partial charge in [-0.1, -0.05) is 34.8 Å². The quantitative estimate of drug-likeness (QED) is 0.831. The highest BCUT2D eigenvalue weighted by molar-refractivity contribution is 7.05. The lowest BCUT2D eigenvalue weighted by molar-refractivity contribution is 0.702. The second-order valence-electron chi connectivity index (χ2n) is 2.95. The summed E-state index contributed by atoms with van der Waals surface area (Å²) in [5, 5.41) is 7.10. The van der Waals surface area contributed by atoms with Crippen molar-refractivity contribution in [2.75, 3.05) is 7.05 Å². The van der Waals surface area contributed by atoms with Crippen molar-refractivity contribution < 1.29 is 0 Å². The Morgan fingerprint density at radius 2 is 2.07 bits per heavy atom. The van der Waals surface area contributed by atoms with Gasteiger partial charge in [0.15, 0.2) is 0 Å². The Morgan fingerprint density at radius 3 is 2.64 bits per heavy atom. The van der Waals surface area contributed by atoms with Crippen LogP contribution in [0.15, 0.2) is 36.5 Å². The highest BCUT2D eigenvalue weighted by Gasteiger charge is 2.12. The second-order valence-corrected chi connectivity index (χ2v) is 3.77. The first-order chi connectivity index (χ1) is 6.92. The summed E-state index contributed by atoms with van der Waals surface area (Å²) in [5.41, 5.74) is 1.24. The average Bonchev–Trinajstić information content (AvgIpc) is 2.74. The topological polar surface area (TPSA) is 37.8 Å². The van der Waals surface area contributed by atoms with Crippen molar-refractivity contribution in [1.82, 2.24) is 14.9 Å². The maximum absolute atomic E-state index is 3.87. The third kappa shape index (κ3) is 1.81. The van der Waals surface area contributed by atoms with Crippen molar-refractivity contribution in [1.29, 1.82) is 0 Å². The van der Waals surface area contributed by atoms with Crippen molar-refractivity contribution in [3.8, 4) is 0 Å². The lowest BCUT2D eigenvalue weighted by Crippen LogP contribution is -2.16. The van der Waals surface area contributed by atoms with Gasteiger partial charge in [0.25, 0.3) is 0 Å². The van der Waals surface area contributed by atoms with Gasteiger partial charge in [-0.05, 0) is 24.1 Å². The molecule has 14 heavy (non-hydrogen) atoms. The van der Waals surface area contributed by atoms with Gasteiger partial charge in [-0.15, -0.1) is 5.10 Å². The zero-order chi connectivity index (χ0) is 9.80. The van der Waals surface area contributed by atoms with Gasteiger partial charge >= 0.3 is 0 Å². The van der Waals surface area contributed by atoms with Gasteiger partial charge in [-0.2, -0.15) is 0 Å². The van der Waals surface area contributed by atoms with Crippen LogP contribution in [0.2, 0.25) is 0 Å². The van der Waals surface area contributed by atoms with Crippen molar-refractivity contribution in [3.05, 3.63) is 47.0 Å². The fraction of sp³-hybridized carbons (Fsp3) is 0.200. The third-order valence-corrected chi connectivity index (χ3v) is 2.81. The normalized spacial score (nSPS) is 12.6. The molecule has 1 heterocycles. The Morgan fingerprint density at radius 1 is 1.29 bits per heavy atom. The van der Waals surface area contributed by atoms with Crippen molar-refractivity contribution in [2.45, 2.75) is 6.04 Å². The standard InChI is InChI=1S/C10H11N3S/c1-11-10(9-7-12-13-14-9)8-5-3-2-4-6-8/h2-7,10-11H,1H3. The van der Waals surface area contributed by atoms with Gasteiger partial charge in [-0.25, -0.2) is 0 Å². The molecule has 2 rings (SSSR count). The second kappa shape index (κ2) is 4.30. The van der Waals surface area contributed by atoms with E-state index in [4.69, 9.17) is 0 Å². The molecule has 1 aromatic heterocycles. The van der Waals surface area contributed by atoms with Crippen LogP contribution in [-0.4, -0.2) is 16.6 Å². The van der Waals surface area contributed by atoms with Crippen molar-refractivity contribution in [3.63, 3.8) is 0 Å². The third-order valence-electron chi connectivity index (χ3n) is 2.08. The van der Waals surface area contributed by atoms with Crippen LogP contribution in [0.5, 0.6) is 0 Å². The molecule has 0 amide bonds. The predicted octanol–water partition coefficient (Wildman–Crippen LogP) is 1.85. The molecule has 72 valence electrons. The van der Waals surface area contributed by atoms with E-state index in [9.17, 15) is 0 Å².